The maximum atomic E-state index is 3.70. The first-order chi connectivity index (χ1) is 4.84. The molecule has 0 spiro atoms. The Kier molecular flexibility index (Phi) is 1.99. The SMILES string of the molecule is C=CCNc1nnnn1C. The fourth-order valence-electron chi connectivity index (χ4n) is 0.543. The smallest absolute Gasteiger partial charge is 0.242 e. The molecule has 0 saturated carbocycles. The van der Waals surface area contributed by atoms with Gasteiger partial charge in [0.05, 0.1) is 0 Å². The summed E-state index contributed by atoms with van der Waals surface area (Å²) in [6.45, 7) is 4.22. The Morgan fingerprint density at radius 1 is 1.80 bits per heavy atom. The van der Waals surface area contributed by atoms with E-state index in [-0.39, 0.29) is 0 Å². The highest BCUT2D eigenvalue weighted by atomic mass is 15.6. The number of aromatic nitrogens is 4. The van der Waals surface area contributed by atoms with Crippen LogP contribution in [0.5, 0.6) is 0 Å². The minimum absolute atomic E-state index is 0.653. The van der Waals surface area contributed by atoms with Gasteiger partial charge >= 0.3 is 0 Å². The molecule has 1 rings (SSSR count). The van der Waals surface area contributed by atoms with Crippen molar-refractivity contribution in [2.24, 2.45) is 7.05 Å². The van der Waals surface area contributed by atoms with Crippen LogP contribution in [-0.4, -0.2) is 26.8 Å². The summed E-state index contributed by atoms with van der Waals surface area (Å²) in [6, 6.07) is 0. The highest BCUT2D eigenvalue weighted by Gasteiger charge is 1.96. The van der Waals surface area contributed by atoms with E-state index in [0.717, 1.165) is 0 Å². The molecule has 0 aliphatic rings. The molecule has 0 unspecified atom stereocenters. The summed E-state index contributed by atoms with van der Waals surface area (Å²) in [5, 5.41) is 13.7. The normalized spacial score (nSPS) is 9.30. The molecule has 5 heteroatoms. The van der Waals surface area contributed by atoms with E-state index in [1.54, 1.807) is 17.8 Å². The van der Waals surface area contributed by atoms with Crippen molar-refractivity contribution in [3.8, 4) is 0 Å². The molecule has 1 N–H and O–H groups in total. The van der Waals surface area contributed by atoms with Crippen molar-refractivity contribution in [1.29, 1.82) is 0 Å². The summed E-state index contributed by atoms with van der Waals surface area (Å²) in [5.41, 5.74) is 0. The Bertz CT molecular complexity index is 216. The number of rotatable bonds is 3. The Balaban J connectivity index is 2.56. The maximum Gasteiger partial charge on any atom is 0.242 e. The number of tetrazole rings is 1. The third-order valence-electron chi connectivity index (χ3n) is 1.02. The van der Waals surface area contributed by atoms with Crippen molar-refractivity contribution in [3.63, 3.8) is 0 Å². The predicted molar refractivity (Wildman–Crippen MR) is 37.5 cm³/mol. The molecule has 0 radical (unpaired) electrons. The highest BCUT2D eigenvalue weighted by Crippen LogP contribution is 1.93. The van der Waals surface area contributed by atoms with Crippen molar-refractivity contribution in [3.05, 3.63) is 12.7 Å². The molecule has 1 aromatic rings. The van der Waals surface area contributed by atoms with Crippen LogP contribution in [0.4, 0.5) is 5.95 Å². The summed E-state index contributed by atoms with van der Waals surface area (Å²) < 4.78 is 1.56. The molecule has 54 valence electrons. The van der Waals surface area contributed by atoms with E-state index in [9.17, 15) is 0 Å². The van der Waals surface area contributed by atoms with Gasteiger partial charge in [0.1, 0.15) is 0 Å². The van der Waals surface area contributed by atoms with Crippen molar-refractivity contribution in [2.45, 2.75) is 0 Å². The van der Waals surface area contributed by atoms with Crippen LogP contribution in [0, 0.1) is 0 Å². The first kappa shape index (κ1) is 6.73. The summed E-state index contributed by atoms with van der Waals surface area (Å²) in [6.07, 6.45) is 1.74. The first-order valence-electron chi connectivity index (χ1n) is 2.91. The van der Waals surface area contributed by atoms with Gasteiger partial charge in [0.25, 0.3) is 0 Å². The summed E-state index contributed by atoms with van der Waals surface area (Å²) in [5.74, 6) is 0.653. The average molecular weight is 139 g/mol. The van der Waals surface area contributed by atoms with Gasteiger partial charge in [-0.25, -0.2) is 4.68 Å². The van der Waals surface area contributed by atoms with E-state index in [1.165, 1.54) is 0 Å². The molecular formula is C5H9N5. The van der Waals surface area contributed by atoms with Gasteiger partial charge in [-0.15, -0.1) is 6.58 Å². The second-order valence-corrected chi connectivity index (χ2v) is 1.80. The predicted octanol–water partition coefficient (Wildman–Crippen LogP) is -0.192. The van der Waals surface area contributed by atoms with Crippen molar-refractivity contribution in [1.82, 2.24) is 20.2 Å². The molecule has 1 heterocycles. The zero-order valence-corrected chi connectivity index (χ0v) is 5.78. The molecule has 5 nitrogen and oxygen atoms in total. The molecule has 0 saturated heterocycles. The number of nitrogens with zero attached hydrogens (tertiary/aromatic N) is 4. The summed E-state index contributed by atoms with van der Waals surface area (Å²) >= 11 is 0. The van der Waals surface area contributed by atoms with E-state index >= 15 is 0 Å². The van der Waals surface area contributed by atoms with Crippen LogP contribution in [0.25, 0.3) is 0 Å². The van der Waals surface area contributed by atoms with Gasteiger partial charge in [0.2, 0.25) is 5.95 Å². The van der Waals surface area contributed by atoms with Crippen LogP contribution in [0.3, 0.4) is 0 Å². The lowest BCUT2D eigenvalue weighted by Crippen LogP contribution is -2.04. The summed E-state index contributed by atoms with van der Waals surface area (Å²) in [7, 11) is 1.77. The lowest BCUT2D eigenvalue weighted by Gasteiger charge is -1.97. The van der Waals surface area contributed by atoms with Gasteiger partial charge in [-0.3, -0.25) is 0 Å². The molecule has 0 aliphatic carbocycles. The molecule has 1 aromatic heterocycles. The maximum absolute atomic E-state index is 3.70. The Morgan fingerprint density at radius 2 is 2.60 bits per heavy atom. The Morgan fingerprint density at radius 3 is 3.10 bits per heavy atom. The van der Waals surface area contributed by atoms with Crippen LogP contribution in [-0.2, 0) is 7.05 Å². The highest BCUT2D eigenvalue weighted by molar-refractivity contribution is 5.21. The van der Waals surface area contributed by atoms with Crippen LogP contribution in [0.15, 0.2) is 12.7 Å². The fraction of sp³-hybridized carbons (Fsp3) is 0.400. The van der Waals surface area contributed by atoms with Gasteiger partial charge in [0.15, 0.2) is 0 Å². The van der Waals surface area contributed by atoms with Crippen LogP contribution in [0.2, 0.25) is 0 Å². The number of hydrogen-bond acceptors (Lipinski definition) is 4. The molecular weight excluding hydrogens is 130 g/mol. The third-order valence-corrected chi connectivity index (χ3v) is 1.02. The van der Waals surface area contributed by atoms with Crippen LogP contribution < -0.4 is 5.32 Å². The molecule has 0 fully saturated rings. The van der Waals surface area contributed by atoms with E-state index in [0.29, 0.717) is 12.5 Å². The zero-order valence-electron chi connectivity index (χ0n) is 5.78. The quantitative estimate of drug-likeness (QED) is 0.589. The standard InChI is InChI=1S/C5H9N5/c1-3-4-6-5-7-8-9-10(5)2/h3H,1,4H2,2H3,(H,6,7,9). The van der Waals surface area contributed by atoms with Gasteiger partial charge in [-0.2, -0.15) is 0 Å². The van der Waals surface area contributed by atoms with E-state index < -0.39 is 0 Å². The molecule has 0 atom stereocenters. The fourth-order valence-corrected chi connectivity index (χ4v) is 0.543. The monoisotopic (exact) mass is 139 g/mol. The van der Waals surface area contributed by atoms with E-state index in [4.69, 9.17) is 0 Å². The Hall–Kier alpha value is -1.39. The number of anilines is 1. The largest absolute Gasteiger partial charge is 0.350 e. The average Bonchev–Trinajstić information content (AvgIpc) is 2.31. The van der Waals surface area contributed by atoms with Crippen molar-refractivity contribution >= 4 is 5.95 Å². The van der Waals surface area contributed by atoms with Gasteiger partial charge in [-0.1, -0.05) is 11.2 Å². The Labute approximate surface area is 58.7 Å². The van der Waals surface area contributed by atoms with E-state index in [1.807, 2.05) is 0 Å². The molecule has 0 amide bonds. The lowest BCUT2D eigenvalue weighted by molar-refractivity contribution is 0.713. The first-order valence-corrected chi connectivity index (χ1v) is 2.91. The molecule has 10 heavy (non-hydrogen) atoms. The van der Waals surface area contributed by atoms with E-state index in [2.05, 4.69) is 27.4 Å². The molecule has 0 bridgehead atoms. The zero-order chi connectivity index (χ0) is 7.40. The molecule has 0 aromatic carbocycles. The van der Waals surface area contributed by atoms with Crippen molar-refractivity contribution < 1.29 is 0 Å². The number of nitrogens with one attached hydrogen (secondary N) is 1. The molecule has 0 aliphatic heterocycles. The topological polar surface area (TPSA) is 55.6 Å². The third kappa shape index (κ3) is 1.31. The van der Waals surface area contributed by atoms with Gasteiger partial charge in [0, 0.05) is 13.6 Å². The minimum atomic E-state index is 0.653. The minimum Gasteiger partial charge on any atom is -0.350 e. The second kappa shape index (κ2) is 2.95. The second-order valence-electron chi connectivity index (χ2n) is 1.80. The van der Waals surface area contributed by atoms with Crippen LogP contribution >= 0.6 is 0 Å². The van der Waals surface area contributed by atoms with Crippen molar-refractivity contribution in [2.75, 3.05) is 11.9 Å². The number of aryl methyl sites for hydroxylation is 1. The number of hydrogen-bond donors (Lipinski definition) is 1. The lowest BCUT2D eigenvalue weighted by atomic mass is 10.6. The van der Waals surface area contributed by atoms with Crippen LogP contribution in [0.1, 0.15) is 0 Å². The summed E-state index contributed by atoms with van der Waals surface area (Å²) in [4.78, 5) is 0. The van der Waals surface area contributed by atoms with Gasteiger partial charge < -0.3 is 5.32 Å². The van der Waals surface area contributed by atoms with Gasteiger partial charge in [-0.05, 0) is 10.4 Å².